The Labute approximate surface area is 115 Å². The molecule has 0 radical (unpaired) electrons. The molecule has 2 aromatic rings. The maximum atomic E-state index is 3.45. The quantitative estimate of drug-likeness (QED) is 0.803. The molecular weight excluding hydrogens is 232 g/mol. The molecule has 0 spiro atoms. The molecule has 0 unspecified atom stereocenters. The lowest BCUT2D eigenvalue weighted by Crippen LogP contribution is -1.99. The van der Waals surface area contributed by atoms with Crippen LogP contribution in [0.25, 0.3) is 0 Å². The normalized spacial score (nSPS) is 10.2. The third kappa shape index (κ3) is 4.02. The van der Waals surface area contributed by atoms with E-state index in [1.807, 2.05) is 7.05 Å². The van der Waals surface area contributed by atoms with Crippen molar-refractivity contribution in [1.29, 1.82) is 0 Å². The van der Waals surface area contributed by atoms with Crippen molar-refractivity contribution >= 4 is 11.4 Å². The number of anilines is 2. The van der Waals surface area contributed by atoms with Crippen LogP contribution in [0.3, 0.4) is 0 Å². The van der Waals surface area contributed by atoms with Crippen LogP contribution in [-0.2, 0) is 13.0 Å². The number of nitrogens with one attached hydrogen (secondary N) is 2. The second-order valence-electron chi connectivity index (χ2n) is 4.75. The maximum absolute atomic E-state index is 3.45. The van der Waals surface area contributed by atoms with Crippen molar-refractivity contribution in [2.45, 2.75) is 26.3 Å². The van der Waals surface area contributed by atoms with E-state index in [0.717, 1.165) is 18.7 Å². The van der Waals surface area contributed by atoms with Crippen LogP contribution in [0.5, 0.6) is 0 Å². The van der Waals surface area contributed by atoms with Gasteiger partial charge in [0.2, 0.25) is 0 Å². The van der Waals surface area contributed by atoms with Gasteiger partial charge in [-0.05, 0) is 41.8 Å². The Bertz CT molecular complexity index is 486. The van der Waals surface area contributed by atoms with E-state index in [2.05, 4.69) is 66.1 Å². The summed E-state index contributed by atoms with van der Waals surface area (Å²) in [6, 6.07) is 17.2. The lowest BCUT2D eigenvalue weighted by molar-refractivity contribution is 0.922. The highest BCUT2D eigenvalue weighted by Gasteiger charge is 1.96. The van der Waals surface area contributed by atoms with E-state index >= 15 is 0 Å². The van der Waals surface area contributed by atoms with Crippen LogP contribution in [0, 0.1) is 0 Å². The second kappa shape index (κ2) is 6.83. The van der Waals surface area contributed by atoms with Crippen LogP contribution in [-0.4, -0.2) is 7.05 Å². The molecule has 2 aromatic carbocycles. The molecule has 2 heteroatoms. The first-order valence-corrected chi connectivity index (χ1v) is 6.91. The molecular formula is C17H22N2. The summed E-state index contributed by atoms with van der Waals surface area (Å²) >= 11 is 0. The fraction of sp³-hybridized carbons (Fsp3) is 0.294. The smallest absolute Gasteiger partial charge is 0.0400 e. The first kappa shape index (κ1) is 13.5. The van der Waals surface area contributed by atoms with Gasteiger partial charge in [0, 0.05) is 25.0 Å². The fourth-order valence-corrected chi connectivity index (χ4v) is 2.07. The summed E-state index contributed by atoms with van der Waals surface area (Å²) in [6.45, 7) is 3.07. The monoisotopic (exact) mass is 254 g/mol. The van der Waals surface area contributed by atoms with Crippen molar-refractivity contribution in [1.82, 2.24) is 0 Å². The van der Waals surface area contributed by atoms with Crippen LogP contribution < -0.4 is 10.6 Å². The van der Waals surface area contributed by atoms with Crippen molar-refractivity contribution in [2.75, 3.05) is 17.7 Å². The molecule has 2 rings (SSSR count). The molecule has 0 saturated carbocycles. The Morgan fingerprint density at radius 3 is 1.95 bits per heavy atom. The Morgan fingerprint density at radius 2 is 1.37 bits per heavy atom. The minimum atomic E-state index is 0.858. The molecule has 2 N–H and O–H groups in total. The van der Waals surface area contributed by atoms with Gasteiger partial charge in [0.05, 0.1) is 0 Å². The summed E-state index contributed by atoms with van der Waals surface area (Å²) in [5.41, 5.74) is 5.02. The van der Waals surface area contributed by atoms with Gasteiger partial charge in [-0.15, -0.1) is 0 Å². The van der Waals surface area contributed by atoms with Gasteiger partial charge in [-0.2, -0.15) is 0 Å². The van der Waals surface area contributed by atoms with Crippen LogP contribution in [0.15, 0.2) is 48.5 Å². The average molecular weight is 254 g/mol. The summed E-state index contributed by atoms with van der Waals surface area (Å²) in [7, 11) is 1.94. The summed E-state index contributed by atoms with van der Waals surface area (Å²) in [5, 5.41) is 6.57. The number of benzene rings is 2. The van der Waals surface area contributed by atoms with E-state index in [9.17, 15) is 0 Å². The fourth-order valence-electron chi connectivity index (χ4n) is 2.07. The van der Waals surface area contributed by atoms with E-state index in [1.165, 1.54) is 23.2 Å². The number of hydrogen-bond donors (Lipinski definition) is 2. The molecule has 0 aliphatic heterocycles. The molecule has 0 aromatic heterocycles. The summed E-state index contributed by atoms with van der Waals surface area (Å²) < 4.78 is 0. The largest absolute Gasteiger partial charge is 0.388 e. The van der Waals surface area contributed by atoms with Crippen LogP contribution in [0.2, 0.25) is 0 Å². The molecule has 0 aliphatic carbocycles. The van der Waals surface area contributed by atoms with Gasteiger partial charge in [0.1, 0.15) is 0 Å². The zero-order valence-electron chi connectivity index (χ0n) is 11.7. The third-order valence-corrected chi connectivity index (χ3v) is 3.23. The van der Waals surface area contributed by atoms with Gasteiger partial charge in [-0.1, -0.05) is 37.6 Å². The standard InChI is InChI=1S/C17H22N2/c1-3-4-14-5-11-17(12-6-14)19-13-15-7-9-16(18-2)10-8-15/h5-12,18-19H,3-4,13H2,1-2H3. The topological polar surface area (TPSA) is 24.1 Å². The van der Waals surface area contributed by atoms with Crippen molar-refractivity contribution in [2.24, 2.45) is 0 Å². The van der Waals surface area contributed by atoms with Crippen LogP contribution in [0.4, 0.5) is 11.4 Å². The van der Waals surface area contributed by atoms with Gasteiger partial charge in [0.25, 0.3) is 0 Å². The third-order valence-electron chi connectivity index (χ3n) is 3.23. The van der Waals surface area contributed by atoms with E-state index in [0.29, 0.717) is 0 Å². The Morgan fingerprint density at radius 1 is 0.789 bits per heavy atom. The minimum Gasteiger partial charge on any atom is -0.388 e. The molecule has 0 saturated heterocycles. The predicted molar refractivity (Wildman–Crippen MR) is 83.8 cm³/mol. The lowest BCUT2D eigenvalue weighted by Gasteiger charge is -2.08. The highest BCUT2D eigenvalue weighted by molar-refractivity contribution is 5.47. The molecule has 0 fully saturated rings. The van der Waals surface area contributed by atoms with Crippen molar-refractivity contribution < 1.29 is 0 Å². The maximum Gasteiger partial charge on any atom is 0.0400 e. The van der Waals surface area contributed by atoms with Crippen LogP contribution >= 0.6 is 0 Å². The van der Waals surface area contributed by atoms with Crippen LogP contribution in [0.1, 0.15) is 24.5 Å². The van der Waals surface area contributed by atoms with Crippen molar-refractivity contribution in [3.63, 3.8) is 0 Å². The SMILES string of the molecule is CCCc1ccc(NCc2ccc(NC)cc2)cc1. The van der Waals surface area contributed by atoms with E-state index in [4.69, 9.17) is 0 Å². The first-order chi connectivity index (χ1) is 9.31. The van der Waals surface area contributed by atoms with E-state index in [-0.39, 0.29) is 0 Å². The summed E-state index contributed by atoms with van der Waals surface area (Å²) in [4.78, 5) is 0. The molecule has 19 heavy (non-hydrogen) atoms. The lowest BCUT2D eigenvalue weighted by atomic mass is 10.1. The number of rotatable bonds is 6. The van der Waals surface area contributed by atoms with Crippen molar-refractivity contribution in [3.8, 4) is 0 Å². The van der Waals surface area contributed by atoms with Gasteiger partial charge >= 0.3 is 0 Å². The van der Waals surface area contributed by atoms with E-state index < -0.39 is 0 Å². The first-order valence-electron chi connectivity index (χ1n) is 6.91. The van der Waals surface area contributed by atoms with E-state index in [1.54, 1.807) is 0 Å². The second-order valence-corrected chi connectivity index (χ2v) is 4.75. The van der Waals surface area contributed by atoms with Crippen molar-refractivity contribution in [3.05, 3.63) is 59.7 Å². The number of aryl methyl sites for hydroxylation is 1. The molecule has 0 aliphatic rings. The summed E-state index contributed by atoms with van der Waals surface area (Å²) in [5.74, 6) is 0. The van der Waals surface area contributed by atoms with Gasteiger partial charge < -0.3 is 10.6 Å². The molecule has 2 nitrogen and oxygen atoms in total. The predicted octanol–water partition coefficient (Wildman–Crippen LogP) is 4.29. The van der Waals surface area contributed by atoms with Gasteiger partial charge in [-0.25, -0.2) is 0 Å². The Balaban J connectivity index is 1.90. The highest BCUT2D eigenvalue weighted by atomic mass is 14.9. The number of hydrogen-bond acceptors (Lipinski definition) is 2. The molecule has 0 atom stereocenters. The van der Waals surface area contributed by atoms with Gasteiger partial charge in [0.15, 0.2) is 0 Å². The Kier molecular flexibility index (Phi) is 4.85. The summed E-state index contributed by atoms with van der Waals surface area (Å²) in [6.07, 6.45) is 2.36. The van der Waals surface area contributed by atoms with Gasteiger partial charge in [-0.3, -0.25) is 0 Å². The minimum absolute atomic E-state index is 0.858. The average Bonchev–Trinajstić information content (AvgIpc) is 2.47. The molecule has 0 bridgehead atoms. The Hall–Kier alpha value is -1.96. The molecule has 0 amide bonds. The molecule has 100 valence electrons. The zero-order valence-corrected chi connectivity index (χ0v) is 11.7. The highest BCUT2D eigenvalue weighted by Crippen LogP contribution is 2.14. The zero-order chi connectivity index (χ0) is 13.5. The molecule has 0 heterocycles.